The van der Waals surface area contributed by atoms with Crippen molar-refractivity contribution in [2.45, 2.75) is 45.4 Å². The van der Waals surface area contributed by atoms with E-state index in [1.54, 1.807) is 6.07 Å². The van der Waals surface area contributed by atoms with Crippen LogP contribution in [0.15, 0.2) is 77.3 Å². The minimum absolute atomic E-state index is 0.251. The highest BCUT2D eigenvalue weighted by molar-refractivity contribution is 6.13. The topological polar surface area (TPSA) is 17.0 Å². The fourth-order valence-electron chi connectivity index (χ4n) is 5.86. The van der Waals surface area contributed by atoms with E-state index >= 15 is 4.39 Å². The lowest BCUT2D eigenvalue weighted by Gasteiger charge is -2.26. The van der Waals surface area contributed by atoms with Crippen LogP contribution in [-0.4, -0.2) is 0 Å². The molecule has 0 unspecified atom stereocenters. The predicted octanol–water partition coefficient (Wildman–Crippen LogP) is 8.49. The summed E-state index contributed by atoms with van der Waals surface area (Å²) < 4.78 is 24.0. The first-order valence-corrected chi connectivity index (χ1v) is 12.7. The van der Waals surface area contributed by atoms with Crippen molar-refractivity contribution in [3.63, 3.8) is 0 Å². The first kappa shape index (κ1) is 22.0. The summed E-state index contributed by atoms with van der Waals surface area (Å²) in [7, 11) is 2.04. The number of nitrogens with zero attached hydrogens (tertiary/aromatic N) is 1. The van der Waals surface area contributed by atoms with Gasteiger partial charge in [0.15, 0.2) is 6.20 Å². The Kier molecular flexibility index (Phi) is 5.44. The van der Waals surface area contributed by atoms with Gasteiger partial charge in [-0.2, -0.15) is 0 Å². The van der Waals surface area contributed by atoms with E-state index in [2.05, 4.69) is 60.9 Å². The molecule has 35 heavy (non-hydrogen) atoms. The maximum atomic E-state index is 15.3. The molecule has 6 rings (SSSR count). The third-order valence-corrected chi connectivity index (χ3v) is 7.96. The summed E-state index contributed by atoms with van der Waals surface area (Å²) in [6.07, 6.45) is 7.11. The Bertz CT molecular complexity index is 1540. The molecular formula is C32H31FNO+. The van der Waals surface area contributed by atoms with Gasteiger partial charge in [0, 0.05) is 22.9 Å². The second-order valence-electron chi connectivity index (χ2n) is 10.3. The highest BCUT2D eigenvalue weighted by Crippen LogP contribution is 2.42. The Morgan fingerprint density at radius 1 is 0.800 bits per heavy atom. The van der Waals surface area contributed by atoms with Crippen LogP contribution < -0.4 is 4.57 Å². The van der Waals surface area contributed by atoms with Gasteiger partial charge in [0.25, 0.3) is 0 Å². The van der Waals surface area contributed by atoms with Crippen molar-refractivity contribution in [1.29, 1.82) is 0 Å². The number of aromatic nitrogens is 1. The molecule has 0 bridgehead atoms. The molecule has 0 atom stereocenters. The van der Waals surface area contributed by atoms with Gasteiger partial charge >= 0.3 is 0 Å². The number of benzene rings is 3. The van der Waals surface area contributed by atoms with Gasteiger partial charge in [-0.3, -0.25) is 0 Å². The molecule has 1 aliphatic carbocycles. The van der Waals surface area contributed by atoms with Crippen LogP contribution in [0.25, 0.3) is 44.3 Å². The molecular weight excluding hydrogens is 433 g/mol. The molecule has 0 aliphatic heterocycles. The van der Waals surface area contributed by atoms with E-state index in [1.165, 1.54) is 31.2 Å². The molecule has 0 saturated heterocycles. The van der Waals surface area contributed by atoms with Crippen LogP contribution >= 0.6 is 0 Å². The lowest BCUT2D eigenvalue weighted by molar-refractivity contribution is -0.660. The Morgan fingerprint density at radius 2 is 1.49 bits per heavy atom. The molecule has 2 nitrogen and oxygen atoms in total. The van der Waals surface area contributed by atoms with Crippen LogP contribution in [0.3, 0.4) is 0 Å². The van der Waals surface area contributed by atoms with E-state index in [-0.39, 0.29) is 5.82 Å². The Hall–Kier alpha value is -3.46. The monoisotopic (exact) mass is 464 g/mol. The average molecular weight is 465 g/mol. The largest absolute Gasteiger partial charge is 0.454 e. The van der Waals surface area contributed by atoms with Crippen molar-refractivity contribution in [3.05, 3.63) is 89.9 Å². The normalized spacial score (nSPS) is 18.4. The fraction of sp³-hybridized carbons (Fsp3) is 0.281. The first-order valence-electron chi connectivity index (χ1n) is 12.7. The van der Waals surface area contributed by atoms with E-state index in [0.29, 0.717) is 17.1 Å². The van der Waals surface area contributed by atoms with Gasteiger partial charge in [-0.1, -0.05) is 56.2 Å². The highest BCUT2D eigenvalue weighted by atomic mass is 19.1. The molecule has 176 valence electrons. The maximum Gasteiger partial charge on any atom is 0.216 e. The quantitative estimate of drug-likeness (QED) is 0.245. The SMILES string of the molecule is Cc1ccc2c(oc3c(-c4ccc(C5CCC(C)CC5)cc4)c(F)ccc32)c1-c1cccc[n+]1C. The van der Waals surface area contributed by atoms with Crippen LogP contribution in [0.5, 0.6) is 0 Å². The van der Waals surface area contributed by atoms with Gasteiger partial charge in [-0.05, 0) is 66.5 Å². The van der Waals surface area contributed by atoms with Crippen LogP contribution in [0.2, 0.25) is 0 Å². The molecule has 2 aromatic heterocycles. The van der Waals surface area contributed by atoms with Crippen molar-refractivity contribution in [1.82, 2.24) is 0 Å². The number of hydrogen-bond acceptors (Lipinski definition) is 1. The number of aryl methyl sites for hydroxylation is 2. The zero-order chi connectivity index (χ0) is 24.1. The lowest BCUT2D eigenvalue weighted by Crippen LogP contribution is -2.30. The van der Waals surface area contributed by atoms with Crippen molar-refractivity contribution in [2.75, 3.05) is 0 Å². The summed E-state index contributed by atoms with van der Waals surface area (Å²) in [6.45, 7) is 4.45. The summed E-state index contributed by atoms with van der Waals surface area (Å²) in [4.78, 5) is 0. The third-order valence-electron chi connectivity index (χ3n) is 7.96. The number of rotatable bonds is 3. The highest BCUT2D eigenvalue weighted by Gasteiger charge is 2.24. The summed E-state index contributed by atoms with van der Waals surface area (Å²) in [5, 5.41) is 1.96. The Labute approximate surface area is 206 Å². The smallest absolute Gasteiger partial charge is 0.216 e. The molecule has 5 aromatic rings. The molecule has 0 N–H and O–H groups in total. The number of hydrogen-bond donors (Lipinski definition) is 0. The van der Waals surface area contributed by atoms with Gasteiger partial charge in [0.1, 0.15) is 24.0 Å². The standard InChI is InChI=1S/C32H31FNO/c1-20-7-10-22(11-8-20)23-12-14-24(15-13-23)30-27(33)18-17-26-25-16-9-21(2)29(31(25)35-32(26)30)28-6-4-5-19-34(28)3/h4-6,9,12-20,22H,7-8,10-11H2,1-3H3/q+1. The van der Waals surface area contributed by atoms with Crippen molar-refractivity contribution in [2.24, 2.45) is 13.0 Å². The molecule has 1 fully saturated rings. The zero-order valence-electron chi connectivity index (χ0n) is 20.6. The summed E-state index contributed by atoms with van der Waals surface area (Å²) in [6, 6.07) is 22.3. The van der Waals surface area contributed by atoms with Gasteiger partial charge in [0.05, 0.1) is 11.1 Å². The van der Waals surface area contributed by atoms with Crippen LogP contribution in [0, 0.1) is 18.7 Å². The number of pyridine rings is 1. The second-order valence-corrected chi connectivity index (χ2v) is 10.3. The molecule has 3 aromatic carbocycles. The van der Waals surface area contributed by atoms with Gasteiger partial charge in [-0.25, -0.2) is 8.96 Å². The van der Waals surface area contributed by atoms with Crippen LogP contribution in [0.4, 0.5) is 4.39 Å². The summed E-state index contributed by atoms with van der Waals surface area (Å²) >= 11 is 0. The van der Waals surface area contributed by atoms with Crippen molar-refractivity contribution < 1.29 is 13.4 Å². The molecule has 3 heteroatoms. The van der Waals surface area contributed by atoms with Crippen LogP contribution in [0.1, 0.15) is 49.7 Å². The minimum Gasteiger partial charge on any atom is -0.454 e. The maximum absolute atomic E-state index is 15.3. The van der Waals surface area contributed by atoms with Gasteiger partial charge in [0.2, 0.25) is 5.69 Å². The lowest BCUT2D eigenvalue weighted by atomic mass is 9.79. The van der Waals surface area contributed by atoms with Crippen LogP contribution in [-0.2, 0) is 7.05 Å². The molecule has 1 saturated carbocycles. The van der Waals surface area contributed by atoms with E-state index in [0.717, 1.165) is 44.7 Å². The molecule has 0 radical (unpaired) electrons. The van der Waals surface area contributed by atoms with E-state index in [1.807, 2.05) is 31.4 Å². The molecule has 1 aliphatic rings. The summed E-state index contributed by atoms with van der Waals surface area (Å²) in [5.41, 5.74) is 7.45. The fourth-order valence-corrected chi connectivity index (χ4v) is 5.86. The van der Waals surface area contributed by atoms with Crippen molar-refractivity contribution in [3.8, 4) is 22.4 Å². The van der Waals surface area contributed by atoms with E-state index in [4.69, 9.17) is 4.42 Å². The zero-order valence-corrected chi connectivity index (χ0v) is 20.6. The minimum atomic E-state index is -0.251. The number of halogens is 1. The van der Waals surface area contributed by atoms with E-state index in [9.17, 15) is 0 Å². The number of fused-ring (bicyclic) bond motifs is 3. The average Bonchev–Trinajstić information content (AvgIpc) is 3.24. The number of furan rings is 1. The Morgan fingerprint density at radius 3 is 2.20 bits per heavy atom. The van der Waals surface area contributed by atoms with Gasteiger partial charge in [-0.15, -0.1) is 0 Å². The predicted molar refractivity (Wildman–Crippen MR) is 141 cm³/mol. The Balaban J connectivity index is 1.50. The first-order chi connectivity index (χ1) is 17.0. The molecule has 0 amide bonds. The third kappa shape index (κ3) is 3.74. The molecule has 2 heterocycles. The molecule has 0 spiro atoms. The van der Waals surface area contributed by atoms with Gasteiger partial charge < -0.3 is 4.42 Å². The van der Waals surface area contributed by atoms with E-state index < -0.39 is 0 Å². The summed E-state index contributed by atoms with van der Waals surface area (Å²) in [5.74, 6) is 1.19. The van der Waals surface area contributed by atoms with Crippen molar-refractivity contribution >= 4 is 21.9 Å². The second kappa shape index (κ2) is 8.64.